The number of carbonyl (C=O) groups excluding carboxylic acids is 1. The van der Waals surface area contributed by atoms with E-state index in [2.05, 4.69) is 0 Å². The first-order valence-electron chi connectivity index (χ1n) is 11.9. The molecule has 1 fully saturated rings. The number of hydrogen-bond donors (Lipinski definition) is 0. The average Bonchev–Trinajstić information content (AvgIpc) is 3.63. The van der Waals surface area contributed by atoms with Crippen LogP contribution in [0.2, 0.25) is 0 Å². The molecule has 4 aromatic rings. The van der Waals surface area contributed by atoms with Gasteiger partial charge in [-0.3, -0.25) is 4.79 Å². The fourth-order valence-corrected chi connectivity index (χ4v) is 5.05. The highest BCUT2D eigenvalue weighted by atomic mass is 32.1. The summed E-state index contributed by atoms with van der Waals surface area (Å²) in [6.45, 7) is 5.68. The fourth-order valence-electron chi connectivity index (χ4n) is 4.36. The van der Waals surface area contributed by atoms with Crippen LogP contribution in [0.5, 0.6) is 11.6 Å². The van der Waals surface area contributed by atoms with Crippen LogP contribution < -0.4 is 4.74 Å². The van der Waals surface area contributed by atoms with Crippen molar-refractivity contribution < 1.29 is 14.3 Å². The molecule has 2 aromatic carbocycles. The number of para-hydroxylation sites is 1. The summed E-state index contributed by atoms with van der Waals surface area (Å²) in [4.78, 5) is 16.1. The quantitative estimate of drug-likeness (QED) is 0.298. The average molecular weight is 488 g/mol. The first-order valence-corrected chi connectivity index (χ1v) is 12.8. The third-order valence-corrected chi connectivity index (χ3v) is 7.02. The summed E-state index contributed by atoms with van der Waals surface area (Å²) in [5.41, 5.74) is 3.73. The second-order valence-electron chi connectivity index (χ2n) is 8.83. The van der Waals surface area contributed by atoms with E-state index in [1.54, 1.807) is 0 Å². The summed E-state index contributed by atoms with van der Waals surface area (Å²) in [7, 11) is 0. The molecule has 1 amide bonds. The third kappa shape index (κ3) is 5.31. The van der Waals surface area contributed by atoms with Gasteiger partial charge in [0.25, 0.3) is 5.91 Å². The molecule has 0 spiro atoms. The first-order chi connectivity index (χ1) is 17.1. The Morgan fingerprint density at radius 2 is 2.00 bits per heavy atom. The van der Waals surface area contributed by atoms with E-state index in [9.17, 15) is 4.79 Å². The first kappa shape index (κ1) is 23.3. The number of thiophene rings is 1. The number of benzene rings is 2. The molecular formula is C28H29N3O3S. The minimum Gasteiger partial charge on any atom is -0.439 e. The van der Waals surface area contributed by atoms with Crippen LogP contribution in [0.1, 0.15) is 39.3 Å². The van der Waals surface area contributed by atoms with Gasteiger partial charge in [0.05, 0.1) is 34.5 Å². The van der Waals surface area contributed by atoms with Crippen molar-refractivity contribution in [1.82, 2.24) is 14.7 Å². The maximum atomic E-state index is 13.5. The van der Waals surface area contributed by atoms with E-state index >= 15 is 0 Å². The predicted octanol–water partition coefficient (Wildman–Crippen LogP) is 6.16. The van der Waals surface area contributed by atoms with E-state index < -0.39 is 0 Å². The lowest BCUT2D eigenvalue weighted by atomic mass is 10.2. The van der Waals surface area contributed by atoms with Gasteiger partial charge in [-0.2, -0.15) is 5.10 Å². The van der Waals surface area contributed by atoms with Crippen LogP contribution >= 0.6 is 11.3 Å². The summed E-state index contributed by atoms with van der Waals surface area (Å²) in [6, 6.07) is 21.7. The third-order valence-electron chi connectivity index (χ3n) is 6.16. The van der Waals surface area contributed by atoms with Crippen molar-refractivity contribution in [3.63, 3.8) is 0 Å². The van der Waals surface area contributed by atoms with Gasteiger partial charge in [-0.05, 0) is 68.0 Å². The molecule has 1 aliphatic rings. The lowest BCUT2D eigenvalue weighted by molar-refractivity contribution is 0.0509. The summed E-state index contributed by atoms with van der Waals surface area (Å²) in [6.07, 6.45) is 2.03. The predicted molar refractivity (Wildman–Crippen MR) is 138 cm³/mol. The van der Waals surface area contributed by atoms with Gasteiger partial charge in [0.1, 0.15) is 5.75 Å². The van der Waals surface area contributed by atoms with Crippen molar-refractivity contribution in [1.29, 1.82) is 0 Å². The second-order valence-corrected chi connectivity index (χ2v) is 9.78. The molecule has 180 valence electrons. The summed E-state index contributed by atoms with van der Waals surface area (Å²) >= 11 is 1.46. The Bertz CT molecular complexity index is 1280. The minimum atomic E-state index is 0.00358. The number of carbonyl (C=O) groups is 1. The molecule has 35 heavy (non-hydrogen) atoms. The number of amides is 1. The molecule has 0 saturated carbocycles. The van der Waals surface area contributed by atoms with Crippen molar-refractivity contribution in [3.05, 3.63) is 93.8 Å². The maximum absolute atomic E-state index is 13.5. The van der Waals surface area contributed by atoms with Crippen LogP contribution in [0.25, 0.3) is 5.69 Å². The summed E-state index contributed by atoms with van der Waals surface area (Å²) < 4.78 is 14.2. The molecular weight excluding hydrogens is 458 g/mol. The van der Waals surface area contributed by atoms with Crippen LogP contribution in [0.4, 0.5) is 0 Å². The molecule has 1 saturated heterocycles. The Morgan fingerprint density at radius 1 is 1.14 bits per heavy atom. The highest BCUT2D eigenvalue weighted by Crippen LogP contribution is 2.33. The Morgan fingerprint density at radius 3 is 2.71 bits per heavy atom. The highest BCUT2D eigenvalue weighted by Gasteiger charge is 2.28. The SMILES string of the molecule is Cc1cccc(Oc2c(CN(C[C@H]3CCCO3)C(=O)c3cccs3)c(C)nn2-c2ccccc2)c1. The van der Waals surface area contributed by atoms with E-state index in [4.69, 9.17) is 14.6 Å². The van der Waals surface area contributed by atoms with Crippen LogP contribution in [-0.4, -0.2) is 39.8 Å². The van der Waals surface area contributed by atoms with Crippen molar-refractivity contribution >= 4 is 17.2 Å². The molecule has 0 N–H and O–H groups in total. The minimum absolute atomic E-state index is 0.00358. The molecule has 1 atom stereocenters. The summed E-state index contributed by atoms with van der Waals surface area (Å²) in [5.74, 6) is 1.36. The number of ether oxygens (including phenoxy) is 2. The maximum Gasteiger partial charge on any atom is 0.264 e. The monoisotopic (exact) mass is 487 g/mol. The van der Waals surface area contributed by atoms with E-state index in [-0.39, 0.29) is 12.0 Å². The number of aromatic nitrogens is 2. The van der Waals surface area contributed by atoms with Gasteiger partial charge in [-0.15, -0.1) is 11.3 Å². The number of aryl methyl sites for hydroxylation is 2. The molecule has 1 aliphatic heterocycles. The Kier molecular flexibility index (Phi) is 6.97. The zero-order valence-corrected chi connectivity index (χ0v) is 20.8. The standard InChI is InChI=1S/C28H29N3O3S/c1-20-9-6-12-23(17-20)34-28-25(21(2)29-31(28)22-10-4-3-5-11-22)19-30(18-24-13-7-15-33-24)27(32)26-14-8-16-35-26/h3-6,8-12,14,16-17,24H,7,13,15,18-19H2,1-2H3/t24-/m1/s1. The molecule has 5 rings (SSSR count). The Labute approximate surface area is 209 Å². The topological polar surface area (TPSA) is 56.6 Å². The van der Waals surface area contributed by atoms with Crippen molar-refractivity contribution in [2.24, 2.45) is 0 Å². The van der Waals surface area contributed by atoms with Crippen molar-refractivity contribution in [2.45, 2.75) is 39.3 Å². The molecule has 3 heterocycles. The molecule has 0 bridgehead atoms. The fraction of sp³-hybridized carbons (Fsp3) is 0.286. The van der Waals surface area contributed by atoms with Gasteiger partial charge >= 0.3 is 0 Å². The smallest absolute Gasteiger partial charge is 0.264 e. The number of hydrogen-bond acceptors (Lipinski definition) is 5. The summed E-state index contributed by atoms with van der Waals surface area (Å²) in [5, 5.41) is 6.76. The molecule has 0 unspecified atom stereocenters. The van der Waals surface area contributed by atoms with Gasteiger partial charge in [-0.25, -0.2) is 4.68 Å². The Balaban J connectivity index is 1.54. The van der Waals surface area contributed by atoms with Crippen molar-refractivity contribution in [2.75, 3.05) is 13.2 Å². The van der Waals surface area contributed by atoms with E-state index in [1.807, 2.05) is 95.5 Å². The van der Waals surface area contributed by atoms with Crippen LogP contribution in [-0.2, 0) is 11.3 Å². The lowest BCUT2D eigenvalue weighted by Gasteiger charge is -2.25. The van der Waals surface area contributed by atoms with Gasteiger partial charge in [0, 0.05) is 13.2 Å². The lowest BCUT2D eigenvalue weighted by Crippen LogP contribution is -2.36. The van der Waals surface area contributed by atoms with E-state index in [1.165, 1.54) is 11.3 Å². The molecule has 7 heteroatoms. The Hall–Kier alpha value is -3.42. The molecule has 6 nitrogen and oxygen atoms in total. The van der Waals surface area contributed by atoms with E-state index in [0.717, 1.165) is 52.6 Å². The van der Waals surface area contributed by atoms with E-state index in [0.29, 0.717) is 19.0 Å². The van der Waals surface area contributed by atoms with Crippen molar-refractivity contribution in [3.8, 4) is 17.3 Å². The molecule has 0 aliphatic carbocycles. The van der Waals surface area contributed by atoms with Gasteiger partial charge in [0.2, 0.25) is 5.88 Å². The highest BCUT2D eigenvalue weighted by molar-refractivity contribution is 7.12. The van der Waals surface area contributed by atoms with Crippen LogP contribution in [0.3, 0.4) is 0 Å². The van der Waals surface area contributed by atoms with Crippen LogP contribution in [0, 0.1) is 13.8 Å². The van der Waals surface area contributed by atoms with Gasteiger partial charge < -0.3 is 14.4 Å². The zero-order chi connectivity index (χ0) is 24.2. The van der Waals surface area contributed by atoms with Gasteiger partial charge in [0.15, 0.2) is 0 Å². The number of nitrogens with zero attached hydrogens (tertiary/aromatic N) is 3. The zero-order valence-electron chi connectivity index (χ0n) is 20.0. The second kappa shape index (κ2) is 10.5. The van der Waals surface area contributed by atoms with Gasteiger partial charge in [-0.1, -0.05) is 36.4 Å². The largest absolute Gasteiger partial charge is 0.439 e. The molecule has 2 aromatic heterocycles. The van der Waals surface area contributed by atoms with Crippen LogP contribution in [0.15, 0.2) is 72.1 Å². The number of rotatable bonds is 8. The normalized spacial score (nSPS) is 15.3. The molecule has 0 radical (unpaired) electrons.